The van der Waals surface area contributed by atoms with Gasteiger partial charge in [0, 0.05) is 0 Å². The third-order valence-electron chi connectivity index (χ3n) is 3.92. The third-order valence-corrected chi connectivity index (χ3v) is 3.92. The topological polar surface area (TPSA) is 169 Å². The van der Waals surface area contributed by atoms with Crippen LogP contribution in [0.15, 0.2) is 0 Å². The van der Waals surface area contributed by atoms with Gasteiger partial charge in [-0.25, -0.2) is 0 Å². The van der Waals surface area contributed by atoms with Crippen LogP contribution < -0.4 is 0 Å². The number of hydrogen-bond donors (Lipinski definition) is 7. The van der Waals surface area contributed by atoms with Crippen molar-refractivity contribution in [1.29, 1.82) is 0 Å². The summed E-state index contributed by atoms with van der Waals surface area (Å²) in [6, 6.07) is 0. The molecule has 0 radical (unpaired) electrons. The summed E-state index contributed by atoms with van der Waals surface area (Å²) in [6.07, 6.45) is -10.9. The summed E-state index contributed by atoms with van der Waals surface area (Å²) < 4.78 is 16.1. The van der Waals surface area contributed by atoms with Crippen LogP contribution in [0.5, 0.6) is 0 Å². The Hall–Kier alpha value is -0.400. The largest absolute Gasteiger partial charge is 0.394 e. The summed E-state index contributed by atoms with van der Waals surface area (Å²) in [4.78, 5) is 0. The zero-order valence-corrected chi connectivity index (χ0v) is 13.7. The summed E-state index contributed by atoms with van der Waals surface area (Å²) in [5, 5.41) is 66.8. The molecule has 0 saturated carbocycles. The van der Waals surface area contributed by atoms with E-state index in [-0.39, 0.29) is 0 Å². The Balaban J connectivity index is 2.85. The molecule has 1 heterocycles. The van der Waals surface area contributed by atoms with E-state index in [9.17, 15) is 25.5 Å². The van der Waals surface area contributed by atoms with Gasteiger partial charge in [0.1, 0.15) is 36.6 Å². The molecule has 24 heavy (non-hydrogen) atoms. The minimum Gasteiger partial charge on any atom is -0.394 e. The molecule has 0 aromatic rings. The zero-order valence-electron chi connectivity index (χ0n) is 13.7. The predicted octanol–water partition coefficient (Wildman–Crippen LogP) is -3.69. The Kier molecular flexibility index (Phi) is 8.95. The Morgan fingerprint density at radius 1 is 1.04 bits per heavy atom. The molecule has 7 N–H and O–H groups in total. The molecule has 0 bridgehead atoms. The molecule has 10 heteroatoms. The first kappa shape index (κ1) is 21.6. The standard InChI is InChI=1S/C14H28O10/c1-6(18)9(4-16)23-14(8(19)3-15)24-13-7(2)22-10(5-17)11(20)12(13)21/h6-21H,3-5H2,1-2H3/t6?,7?,8-,9?,10?,11?,12?,13?,14?/m0/s1. The van der Waals surface area contributed by atoms with Crippen LogP contribution in [0.4, 0.5) is 0 Å². The Labute approximate surface area is 139 Å². The Morgan fingerprint density at radius 2 is 1.67 bits per heavy atom. The van der Waals surface area contributed by atoms with Crippen LogP contribution in [0, 0.1) is 0 Å². The van der Waals surface area contributed by atoms with Crippen molar-refractivity contribution in [1.82, 2.24) is 0 Å². The fraction of sp³-hybridized carbons (Fsp3) is 1.00. The molecule has 0 amide bonds. The van der Waals surface area contributed by atoms with Crippen LogP contribution in [0.1, 0.15) is 13.8 Å². The van der Waals surface area contributed by atoms with Gasteiger partial charge in [-0.2, -0.15) is 0 Å². The minimum atomic E-state index is -1.52. The van der Waals surface area contributed by atoms with E-state index in [0.29, 0.717) is 0 Å². The van der Waals surface area contributed by atoms with E-state index in [1.165, 1.54) is 13.8 Å². The summed E-state index contributed by atoms with van der Waals surface area (Å²) in [7, 11) is 0. The van der Waals surface area contributed by atoms with Crippen molar-refractivity contribution in [3.63, 3.8) is 0 Å². The smallest absolute Gasteiger partial charge is 0.186 e. The van der Waals surface area contributed by atoms with Gasteiger partial charge < -0.3 is 50.0 Å². The van der Waals surface area contributed by atoms with Crippen LogP contribution in [0.3, 0.4) is 0 Å². The van der Waals surface area contributed by atoms with Crippen molar-refractivity contribution in [3.8, 4) is 0 Å². The first-order valence-electron chi connectivity index (χ1n) is 7.78. The fourth-order valence-electron chi connectivity index (χ4n) is 2.40. The lowest BCUT2D eigenvalue weighted by Gasteiger charge is -2.42. The molecule has 8 unspecified atom stereocenters. The van der Waals surface area contributed by atoms with Gasteiger partial charge in [-0.3, -0.25) is 0 Å². The van der Waals surface area contributed by atoms with Gasteiger partial charge in [0.2, 0.25) is 0 Å². The average Bonchev–Trinajstić information content (AvgIpc) is 2.56. The molecule has 0 aromatic heterocycles. The maximum Gasteiger partial charge on any atom is 0.186 e. The van der Waals surface area contributed by atoms with E-state index >= 15 is 0 Å². The Morgan fingerprint density at radius 3 is 2.12 bits per heavy atom. The SMILES string of the molecule is CC(O)C(CO)OC(OC1C(C)OC(CO)C(O)C1O)[C@@H](O)CO. The highest BCUT2D eigenvalue weighted by molar-refractivity contribution is 4.92. The molecule has 0 aromatic carbocycles. The summed E-state index contributed by atoms with van der Waals surface area (Å²) >= 11 is 0. The van der Waals surface area contributed by atoms with E-state index in [1.54, 1.807) is 0 Å². The second-order valence-corrected chi connectivity index (χ2v) is 5.86. The van der Waals surface area contributed by atoms with Crippen LogP contribution >= 0.6 is 0 Å². The lowest BCUT2D eigenvalue weighted by Crippen LogP contribution is -2.60. The Bertz CT molecular complexity index is 354. The second kappa shape index (κ2) is 9.92. The maximum atomic E-state index is 10.1. The lowest BCUT2D eigenvalue weighted by molar-refractivity contribution is -0.308. The molecule has 1 saturated heterocycles. The number of aliphatic hydroxyl groups is 7. The highest BCUT2D eigenvalue weighted by Gasteiger charge is 2.45. The normalized spacial score (nSPS) is 36.1. The average molecular weight is 356 g/mol. The van der Waals surface area contributed by atoms with E-state index in [0.717, 1.165) is 0 Å². The highest BCUT2D eigenvalue weighted by Crippen LogP contribution is 2.25. The van der Waals surface area contributed by atoms with Gasteiger partial charge in [0.15, 0.2) is 6.29 Å². The molecule has 10 nitrogen and oxygen atoms in total. The van der Waals surface area contributed by atoms with Gasteiger partial charge in [-0.1, -0.05) is 0 Å². The van der Waals surface area contributed by atoms with Crippen molar-refractivity contribution in [3.05, 3.63) is 0 Å². The quantitative estimate of drug-likeness (QED) is 0.204. The van der Waals surface area contributed by atoms with Crippen molar-refractivity contribution >= 4 is 0 Å². The zero-order chi connectivity index (χ0) is 18.4. The number of hydrogen-bond acceptors (Lipinski definition) is 10. The minimum absolute atomic E-state index is 0.497. The molecule has 1 rings (SSSR count). The molecule has 1 aliphatic rings. The van der Waals surface area contributed by atoms with Crippen LogP contribution in [0.25, 0.3) is 0 Å². The van der Waals surface area contributed by atoms with Crippen LogP contribution in [0.2, 0.25) is 0 Å². The summed E-state index contributed by atoms with van der Waals surface area (Å²) in [6.45, 7) is 1.10. The van der Waals surface area contributed by atoms with E-state index in [1.807, 2.05) is 0 Å². The van der Waals surface area contributed by atoms with Crippen molar-refractivity contribution < 1.29 is 50.0 Å². The molecule has 1 aliphatic heterocycles. The van der Waals surface area contributed by atoms with Crippen molar-refractivity contribution in [2.75, 3.05) is 19.8 Å². The van der Waals surface area contributed by atoms with Crippen molar-refractivity contribution in [2.24, 2.45) is 0 Å². The first-order valence-corrected chi connectivity index (χ1v) is 7.78. The molecule has 144 valence electrons. The van der Waals surface area contributed by atoms with Gasteiger partial charge in [-0.05, 0) is 13.8 Å². The predicted molar refractivity (Wildman–Crippen MR) is 78.8 cm³/mol. The molecule has 0 aliphatic carbocycles. The fourth-order valence-corrected chi connectivity index (χ4v) is 2.40. The molecule has 9 atom stereocenters. The van der Waals surface area contributed by atoms with Gasteiger partial charge >= 0.3 is 0 Å². The molecule has 0 spiro atoms. The number of ether oxygens (including phenoxy) is 3. The first-order chi connectivity index (χ1) is 11.3. The van der Waals surface area contributed by atoms with Crippen LogP contribution in [-0.2, 0) is 14.2 Å². The van der Waals surface area contributed by atoms with E-state index in [2.05, 4.69) is 0 Å². The second-order valence-electron chi connectivity index (χ2n) is 5.86. The monoisotopic (exact) mass is 356 g/mol. The molecule has 1 fully saturated rings. The van der Waals surface area contributed by atoms with Crippen LogP contribution in [-0.4, -0.2) is 111 Å². The summed E-state index contributed by atoms with van der Waals surface area (Å²) in [5.74, 6) is 0. The van der Waals surface area contributed by atoms with Gasteiger partial charge in [-0.15, -0.1) is 0 Å². The molecular formula is C14H28O10. The maximum absolute atomic E-state index is 10.1. The summed E-state index contributed by atoms with van der Waals surface area (Å²) in [5.41, 5.74) is 0. The van der Waals surface area contributed by atoms with E-state index < -0.39 is 74.9 Å². The van der Waals surface area contributed by atoms with Crippen molar-refractivity contribution in [2.45, 2.75) is 69.0 Å². The highest BCUT2D eigenvalue weighted by atomic mass is 16.7. The van der Waals surface area contributed by atoms with Gasteiger partial charge in [0.25, 0.3) is 0 Å². The number of aliphatic hydroxyl groups excluding tert-OH is 7. The molecular weight excluding hydrogens is 328 g/mol. The lowest BCUT2D eigenvalue weighted by atomic mass is 9.95. The third kappa shape index (κ3) is 5.30. The van der Waals surface area contributed by atoms with Gasteiger partial charge in [0.05, 0.1) is 32.0 Å². The van der Waals surface area contributed by atoms with E-state index in [4.69, 9.17) is 24.4 Å². The number of rotatable bonds is 9.